The molecule has 0 aliphatic carbocycles. The van der Waals surface area contributed by atoms with Gasteiger partial charge in [-0.05, 0) is 0 Å². The van der Waals surface area contributed by atoms with E-state index in [9.17, 15) is 0 Å². The maximum Gasteiger partial charge on any atom is 0.466 e. The highest BCUT2D eigenvalue weighted by Gasteiger charge is 2.00. The molecule has 42 valence electrons. The van der Waals surface area contributed by atoms with E-state index in [4.69, 9.17) is 19.2 Å². The van der Waals surface area contributed by atoms with Crippen molar-refractivity contribution in [3.63, 3.8) is 0 Å². The first-order valence-corrected chi connectivity index (χ1v) is 2.68. The molecule has 0 rings (SSSR count). The van der Waals surface area contributed by atoms with Crippen molar-refractivity contribution in [2.45, 2.75) is 0 Å². The molecule has 0 amide bonds. The molecule has 0 saturated heterocycles. The van der Waals surface area contributed by atoms with E-state index in [1.807, 2.05) is 0 Å². The van der Waals surface area contributed by atoms with E-state index in [-0.39, 0.29) is 0 Å². The van der Waals surface area contributed by atoms with Crippen molar-refractivity contribution < 1.29 is 19.2 Å². The van der Waals surface area contributed by atoms with Crippen LogP contribution in [-0.4, -0.2) is 14.7 Å². The fraction of sp³-hybridized carbons (Fsp3) is 0. The first-order valence-electron chi connectivity index (χ1n) is 1.12. The summed E-state index contributed by atoms with van der Waals surface area (Å²) < 4.78 is 8.88. The lowest BCUT2D eigenvalue weighted by molar-refractivity contribution is 0.275. The summed E-state index contributed by atoms with van der Waals surface area (Å²) in [7, 11) is -4.64. The van der Waals surface area contributed by atoms with E-state index >= 15 is 0 Å². The molecule has 0 radical (unpaired) electrons. The molecule has 0 spiro atoms. The standard InChI is InChI=1S/C2H2.H3O4P/c1-2;1-5(2,3)4/h1-2H;(H3,1,2,3,4). The van der Waals surface area contributed by atoms with E-state index in [1.54, 1.807) is 0 Å². The predicted molar refractivity (Wildman–Crippen MR) is 24.2 cm³/mol. The van der Waals surface area contributed by atoms with Gasteiger partial charge in [0.2, 0.25) is 0 Å². The lowest BCUT2D eigenvalue weighted by Crippen LogP contribution is -1.66. The van der Waals surface area contributed by atoms with E-state index in [0.29, 0.717) is 0 Å². The van der Waals surface area contributed by atoms with Crippen molar-refractivity contribution in [1.82, 2.24) is 0 Å². The van der Waals surface area contributed by atoms with Crippen LogP contribution in [0.5, 0.6) is 0 Å². The Kier molecular flexibility index (Phi) is 5.40. The molecule has 0 atom stereocenters. The van der Waals surface area contributed by atoms with Crippen molar-refractivity contribution >= 4 is 7.82 Å². The second-order valence-electron chi connectivity index (χ2n) is 0.513. The Hall–Kier alpha value is -0.330. The van der Waals surface area contributed by atoms with Crippen LogP contribution in [-0.2, 0) is 4.57 Å². The van der Waals surface area contributed by atoms with Gasteiger partial charge in [-0.3, -0.25) is 0 Å². The minimum atomic E-state index is -4.64. The lowest BCUT2D eigenvalue weighted by Gasteiger charge is -1.82. The van der Waals surface area contributed by atoms with Crippen molar-refractivity contribution in [3.05, 3.63) is 0 Å². The van der Waals surface area contributed by atoms with Crippen LogP contribution < -0.4 is 0 Å². The summed E-state index contributed by atoms with van der Waals surface area (Å²) in [4.78, 5) is 21.6. The molecule has 7 heavy (non-hydrogen) atoms. The van der Waals surface area contributed by atoms with Crippen LogP contribution >= 0.6 is 7.82 Å². The minimum absolute atomic E-state index is 4.00. The molecule has 0 fully saturated rings. The molecular weight excluding hydrogens is 119 g/mol. The van der Waals surface area contributed by atoms with Crippen LogP contribution in [0.3, 0.4) is 0 Å². The van der Waals surface area contributed by atoms with Gasteiger partial charge < -0.3 is 14.7 Å². The van der Waals surface area contributed by atoms with Crippen LogP contribution in [0.1, 0.15) is 0 Å². The molecule has 0 aromatic heterocycles. The fourth-order valence-electron chi connectivity index (χ4n) is 0. The summed E-state index contributed by atoms with van der Waals surface area (Å²) in [6.45, 7) is 0. The molecule has 0 bridgehead atoms. The Morgan fingerprint density at radius 1 is 1.14 bits per heavy atom. The summed E-state index contributed by atoms with van der Waals surface area (Å²) in [5.41, 5.74) is 0. The number of hydrogen-bond donors (Lipinski definition) is 3. The predicted octanol–water partition coefficient (Wildman–Crippen LogP) is -0.679. The van der Waals surface area contributed by atoms with Gasteiger partial charge in [0.05, 0.1) is 0 Å². The SMILES string of the molecule is C#C.O=P(O)(O)O. The third kappa shape index (κ3) is 701. The van der Waals surface area contributed by atoms with Crippen molar-refractivity contribution in [3.8, 4) is 12.8 Å². The fourth-order valence-corrected chi connectivity index (χ4v) is 0. The summed E-state index contributed by atoms with van der Waals surface area (Å²) >= 11 is 0. The normalized spacial score (nSPS) is 8.71. The number of phosphoric acid groups is 1. The molecular formula is C2H5O4P. The van der Waals surface area contributed by atoms with Gasteiger partial charge in [-0.2, -0.15) is 0 Å². The zero-order valence-corrected chi connectivity index (χ0v) is 4.25. The van der Waals surface area contributed by atoms with Gasteiger partial charge in [0.1, 0.15) is 0 Å². The Labute approximate surface area is 41.0 Å². The first kappa shape index (κ1) is 9.83. The van der Waals surface area contributed by atoms with Gasteiger partial charge in [0.15, 0.2) is 0 Å². The monoisotopic (exact) mass is 124 g/mol. The molecule has 0 saturated carbocycles. The van der Waals surface area contributed by atoms with Crippen molar-refractivity contribution in [2.75, 3.05) is 0 Å². The summed E-state index contributed by atoms with van der Waals surface area (Å²) in [6, 6.07) is 0. The van der Waals surface area contributed by atoms with Crippen molar-refractivity contribution in [1.29, 1.82) is 0 Å². The van der Waals surface area contributed by atoms with E-state index in [0.717, 1.165) is 0 Å². The van der Waals surface area contributed by atoms with E-state index in [1.165, 1.54) is 0 Å². The van der Waals surface area contributed by atoms with Gasteiger partial charge >= 0.3 is 7.82 Å². The average molecular weight is 124 g/mol. The molecule has 3 N–H and O–H groups in total. The highest BCUT2D eigenvalue weighted by Crippen LogP contribution is 2.25. The average Bonchev–Trinajstić information content (AvgIpc) is 1.36. The third-order valence-electron chi connectivity index (χ3n) is 0. The summed E-state index contributed by atoms with van der Waals surface area (Å²) in [5, 5.41) is 0. The molecule has 5 heteroatoms. The van der Waals surface area contributed by atoms with E-state index in [2.05, 4.69) is 12.8 Å². The first-order chi connectivity index (χ1) is 3.00. The third-order valence-corrected chi connectivity index (χ3v) is 0. The van der Waals surface area contributed by atoms with Crippen LogP contribution in [0.15, 0.2) is 0 Å². The molecule has 0 aromatic rings. The molecule has 0 aliphatic heterocycles. The minimum Gasteiger partial charge on any atom is -0.303 e. The number of hydrogen-bond acceptors (Lipinski definition) is 1. The molecule has 0 aromatic carbocycles. The maximum absolute atomic E-state index is 8.88. The summed E-state index contributed by atoms with van der Waals surface area (Å²) in [5.74, 6) is 0. The Morgan fingerprint density at radius 3 is 1.14 bits per heavy atom. The smallest absolute Gasteiger partial charge is 0.303 e. The Morgan fingerprint density at radius 2 is 1.14 bits per heavy atom. The quantitative estimate of drug-likeness (QED) is 0.295. The largest absolute Gasteiger partial charge is 0.466 e. The van der Waals surface area contributed by atoms with Crippen molar-refractivity contribution in [2.24, 2.45) is 0 Å². The molecule has 0 aliphatic rings. The Bertz CT molecular complexity index is 80.8. The van der Waals surface area contributed by atoms with Gasteiger partial charge in [-0.15, -0.1) is 12.8 Å². The molecule has 4 nitrogen and oxygen atoms in total. The lowest BCUT2D eigenvalue weighted by atomic mass is 11.4. The number of terminal acetylenes is 1. The Balaban J connectivity index is 0. The second kappa shape index (κ2) is 3.85. The van der Waals surface area contributed by atoms with Gasteiger partial charge in [0, 0.05) is 0 Å². The van der Waals surface area contributed by atoms with Gasteiger partial charge in [0.25, 0.3) is 0 Å². The zero-order valence-electron chi connectivity index (χ0n) is 3.35. The second-order valence-corrected chi connectivity index (χ2v) is 1.54. The van der Waals surface area contributed by atoms with Gasteiger partial charge in [-0.25, -0.2) is 4.57 Å². The van der Waals surface area contributed by atoms with Crippen LogP contribution in [0.4, 0.5) is 0 Å². The van der Waals surface area contributed by atoms with Crippen LogP contribution in [0.25, 0.3) is 0 Å². The van der Waals surface area contributed by atoms with Crippen LogP contribution in [0.2, 0.25) is 0 Å². The summed E-state index contributed by atoms with van der Waals surface area (Å²) in [6.07, 6.45) is 8.00. The number of rotatable bonds is 0. The van der Waals surface area contributed by atoms with Gasteiger partial charge in [-0.1, -0.05) is 0 Å². The highest BCUT2D eigenvalue weighted by atomic mass is 31.2. The highest BCUT2D eigenvalue weighted by molar-refractivity contribution is 7.45. The molecule has 0 heterocycles. The van der Waals surface area contributed by atoms with Crippen LogP contribution in [0, 0.1) is 12.8 Å². The van der Waals surface area contributed by atoms with E-state index < -0.39 is 7.82 Å². The zero-order chi connectivity index (χ0) is 6.50. The topological polar surface area (TPSA) is 77.8 Å². The molecule has 0 unspecified atom stereocenters. The maximum atomic E-state index is 8.88.